The van der Waals surface area contributed by atoms with Crippen LogP contribution in [0.25, 0.3) is 0 Å². The number of hydrogen-bond acceptors (Lipinski definition) is 1. The van der Waals surface area contributed by atoms with Crippen LogP contribution in [0, 0.1) is 0 Å². The first kappa shape index (κ1) is 17.9. The summed E-state index contributed by atoms with van der Waals surface area (Å²) in [5, 5.41) is 4.70. The summed E-state index contributed by atoms with van der Waals surface area (Å²) in [5.41, 5.74) is 1.82. The van der Waals surface area contributed by atoms with Crippen LogP contribution in [-0.2, 0) is 0 Å². The van der Waals surface area contributed by atoms with Crippen LogP contribution in [0.15, 0.2) is 37.7 Å². The van der Waals surface area contributed by atoms with Crippen LogP contribution in [0.5, 0.6) is 0 Å². The van der Waals surface area contributed by atoms with Crippen LogP contribution >= 0.6 is 82.6 Å². The first-order valence-electron chi connectivity index (χ1n) is 5.85. The van der Waals surface area contributed by atoms with Crippen molar-refractivity contribution in [2.24, 2.45) is 0 Å². The molecule has 1 nitrogen and oxygen atoms in total. The number of anilines is 1. The van der Waals surface area contributed by atoms with Gasteiger partial charge in [-0.1, -0.05) is 56.8 Å². The van der Waals surface area contributed by atoms with Gasteiger partial charge in [-0.2, -0.15) is 0 Å². The molecule has 0 radical (unpaired) electrons. The van der Waals surface area contributed by atoms with Gasteiger partial charge in [0.2, 0.25) is 0 Å². The van der Waals surface area contributed by atoms with Crippen molar-refractivity contribution in [2.45, 2.75) is 13.0 Å². The SMILES string of the molecule is CC(Nc1c(Br)cc(Br)cc1Br)c1ccc(Cl)c(Cl)c1Cl. The average Bonchev–Trinajstić information content (AvgIpc) is 2.40. The summed E-state index contributed by atoms with van der Waals surface area (Å²) in [6.07, 6.45) is 0. The van der Waals surface area contributed by atoms with E-state index in [-0.39, 0.29) is 6.04 Å². The van der Waals surface area contributed by atoms with Crippen LogP contribution in [-0.4, -0.2) is 0 Å². The summed E-state index contributed by atoms with van der Waals surface area (Å²) in [4.78, 5) is 0. The largest absolute Gasteiger partial charge is 0.377 e. The summed E-state index contributed by atoms with van der Waals surface area (Å²) >= 11 is 28.9. The van der Waals surface area contributed by atoms with Gasteiger partial charge < -0.3 is 5.32 Å². The number of rotatable bonds is 3. The van der Waals surface area contributed by atoms with Crippen molar-refractivity contribution in [3.05, 3.63) is 58.3 Å². The summed E-state index contributed by atoms with van der Waals surface area (Å²) in [7, 11) is 0. The molecule has 0 saturated carbocycles. The standard InChI is InChI=1S/C14H9Br3Cl3N/c1-6(8-2-3-11(18)13(20)12(8)19)21-14-9(16)4-7(15)5-10(14)17/h2-6,21H,1H3. The first-order valence-corrected chi connectivity index (χ1v) is 9.37. The van der Waals surface area contributed by atoms with Crippen LogP contribution in [0.4, 0.5) is 5.69 Å². The quantitative estimate of drug-likeness (QED) is 0.390. The second-order valence-corrected chi connectivity index (χ2v) is 8.16. The minimum absolute atomic E-state index is 0.0407. The molecule has 0 aliphatic rings. The van der Waals surface area contributed by atoms with Gasteiger partial charge in [0.25, 0.3) is 0 Å². The summed E-state index contributed by atoms with van der Waals surface area (Å²) in [5.74, 6) is 0. The van der Waals surface area contributed by atoms with Gasteiger partial charge in [-0.05, 0) is 62.5 Å². The zero-order valence-corrected chi connectivity index (χ0v) is 17.7. The van der Waals surface area contributed by atoms with Crippen molar-refractivity contribution < 1.29 is 0 Å². The maximum absolute atomic E-state index is 6.28. The smallest absolute Gasteiger partial charge is 0.0782 e. The molecule has 21 heavy (non-hydrogen) atoms. The molecule has 0 fully saturated rings. The van der Waals surface area contributed by atoms with Crippen molar-refractivity contribution in [3.63, 3.8) is 0 Å². The number of hydrogen-bond donors (Lipinski definition) is 1. The fourth-order valence-electron chi connectivity index (χ4n) is 1.85. The zero-order valence-electron chi connectivity index (χ0n) is 10.7. The Labute approximate surface area is 163 Å². The average molecular weight is 537 g/mol. The molecule has 2 rings (SSSR count). The van der Waals surface area contributed by atoms with Gasteiger partial charge in [-0.3, -0.25) is 0 Å². The Kier molecular flexibility index (Phi) is 6.32. The summed E-state index contributed by atoms with van der Waals surface area (Å²) in [6.45, 7) is 2.01. The van der Waals surface area contributed by atoms with Crippen molar-refractivity contribution in [3.8, 4) is 0 Å². The van der Waals surface area contributed by atoms with E-state index in [2.05, 4.69) is 53.1 Å². The minimum atomic E-state index is -0.0407. The maximum atomic E-state index is 6.28. The molecule has 112 valence electrons. The van der Waals surface area contributed by atoms with E-state index in [9.17, 15) is 0 Å². The lowest BCUT2D eigenvalue weighted by molar-refractivity contribution is 0.882. The molecule has 0 aromatic heterocycles. The van der Waals surface area contributed by atoms with E-state index in [0.717, 1.165) is 24.7 Å². The molecule has 2 aromatic carbocycles. The van der Waals surface area contributed by atoms with E-state index < -0.39 is 0 Å². The van der Waals surface area contributed by atoms with Crippen LogP contribution in [0.1, 0.15) is 18.5 Å². The van der Waals surface area contributed by atoms with Gasteiger partial charge in [0.05, 0.1) is 26.8 Å². The van der Waals surface area contributed by atoms with Crippen molar-refractivity contribution in [1.82, 2.24) is 0 Å². The third kappa shape index (κ3) is 4.10. The lowest BCUT2D eigenvalue weighted by Crippen LogP contribution is -2.08. The minimum Gasteiger partial charge on any atom is -0.377 e. The molecule has 0 aliphatic heterocycles. The lowest BCUT2D eigenvalue weighted by Gasteiger charge is -2.20. The highest BCUT2D eigenvalue weighted by Crippen LogP contribution is 2.39. The van der Waals surface area contributed by atoms with E-state index in [1.807, 2.05) is 25.1 Å². The number of benzene rings is 2. The van der Waals surface area contributed by atoms with Crippen LogP contribution in [0.3, 0.4) is 0 Å². The molecule has 1 unspecified atom stereocenters. The van der Waals surface area contributed by atoms with Gasteiger partial charge in [-0.15, -0.1) is 0 Å². The van der Waals surface area contributed by atoms with Gasteiger partial charge >= 0.3 is 0 Å². The Morgan fingerprint density at radius 2 is 1.52 bits per heavy atom. The highest BCUT2D eigenvalue weighted by atomic mass is 79.9. The predicted molar refractivity (Wildman–Crippen MR) is 103 cm³/mol. The Bertz CT molecular complexity index is 668. The molecule has 7 heteroatoms. The van der Waals surface area contributed by atoms with E-state index >= 15 is 0 Å². The Balaban J connectivity index is 2.35. The van der Waals surface area contributed by atoms with E-state index in [4.69, 9.17) is 34.8 Å². The van der Waals surface area contributed by atoms with Gasteiger partial charge in [0.15, 0.2) is 0 Å². The van der Waals surface area contributed by atoms with Crippen molar-refractivity contribution >= 4 is 88.3 Å². The molecule has 0 amide bonds. The Morgan fingerprint density at radius 1 is 0.952 bits per heavy atom. The topological polar surface area (TPSA) is 12.0 Å². The fourth-order valence-corrected chi connectivity index (χ4v) is 5.04. The Hall–Kier alpha value is 0.550. The molecule has 0 bridgehead atoms. The maximum Gasteiger partial charge on any atom is 0.0782 e. The molecular formula is C14H9Br3Cl3N. The van der Waals surface area contributed by atoms with E-state index in [0.29, 0.717) is 15.1 Å². The third-order valence-corrected chi connectivity index (χ3v) is 5.92. The Morgan fingerprint density at radius 3 is 2.10 bits per heavy atom. The van der Waals surface area contributed by atoms with Crippen LogP contribution in [0.2, 0.25) is 15.1 Å². The van der Waals surface area contributed by atoms with Gasteiger partial charge in [-0.25, -0.2) is 0 Å². The summed E-state index contributed by atoms with van der Waals surface area (Å²) in [6, 6.07) is 7.51. The monoisotopic (exact) mass is 533 g/mol. The number of nitrogens with one attached hydrogen (secondary N) is 1. The zero-order chi connectivity index (χ0) is 15.7. The summed E-state index contributed by atoms with van der Waals surface area (Å²) < 4.78 is 2.85. The van der Waals surface area contributed by atoms with Gasteiger partial charge in [0, 0.05) is 13.4 Å². The molecular weight excluding hydrogens is 528 g/mol. The molecule has 1 N–H and O–H groups in total. The van der Waals surface area contributed by atoms with Crippen molar-refractivity contribution in [2.75, 3.05) is 5.32 Å². The first-order chi connectivity index (χ1) is 9.81. The van der Waals surface area contributed by atoms with Crippen LogP contribution < -0.4 is 5.32 Å². The molecule has 0 heterocycles. The van der Waals surface area contributed by atoms with Gasteiger partial charge in [0.1, 0.15) is 0 Å². The van der Waals surface area contributed by atoms with E-state index in [1.165, 1.54) is 0 Å². The molecule has 0 aliphatic carbocycles. The molecule has 1 atom stereocenters. The van der Waals surface area contributed by atoms with E-state index in [1.54, 1.807) is 6.07 Å². The molecule has 0 spiro atoms. The molecule has 2 aromatic rings. The molecule has 0 saturated heterocycles. The second-order valence-electron chi connectivity index (χ2n) is 4.38. The third-order valence-electron chi connectivity index (χ3n) is 2.90. The second kappa shape index (κ2) is 7.41. The fraction of sp³-hybridized carbons (Fsp3) is 0.143. The lowest BCUT2D eigenvalue weighted by atomic mass is 10.1. The highest BCUT2D eigenvalue weighted by molar-refractivity contribution is 9.11. The number of halogens is 6. The normalized spacial score (nSPS) is 12.3. The van der Waals surface area contributed by atoms with Crippen molar-refractivity contribution in [1.29, 1.82) is 0 Å². The highest BCUT2D eigenvalue weighted by Gasteiger charge is 2.16. The predicted octanol–water partition coefficient (Wildman–Crippen LogP) is 8.11.